The molecule has 0 aliphatic carbocycles. The summed E-state index contributed by atoms with van der Waals surface area (Å²) in [7, 11) is 1.55. The zero-order chi connectivity index (χ0) is 15.2. The van der Waals surface area contributed by atoms with Gasteiger partial charge in [-0.2, -0.15) is 0 Å². The fourth-order valence-corrected chi connectivity index (χ4v) is 2.32. The average molecular weight is 314 g/mol. The molecule has 0 radical (unpaired) electrons. The maximum atomic E-state index is 10.3. The third kappa shape index (κ3) is 4.23. The van der Waals surface area contributed by atoms with Crippen LogP contribution in [0.4, 0.5) is 0 Å². The van der Waals surface area contributed by atoms with Gasteiger partial charge in [0.1, 0.15) is 11.9 Å². The highest BCUT2D eigenvalue weighted by Crippen LogP contribution is 2.28. The molecule has 0 spiro atoms. The average Bonchev–Trinajstić information content (AvgIpc) is 2.53. The van der Waals surface area contributed by atoms with Gasteiger partial charge in [-0.1, -0.05) is 11.6 Å². The molecule has 1 aliphatic heterocycles. The summed E-state index contributed by atoms with van der Waals surface area (Å²) in [5.41, 5.74) is 6.53. The monoisotopic (exact) mass is 313 g/mol. The fraction of sp³-hybridized carbons (Fsp3) is 0.500. The third-order valence-electron chi connectivity index (χ3n) is 3.31. The first-order valence-electron chi connectivity index (χ1n) is 6.76. The lowest BCUT2D eigenvalue weighted by Gasteiger charge is -2.27. The van der Waals surface area contributed by atoms with E-state index in [1.54, 1.807) is 25.3 Å². The van der Waals surface area contributed by atoms with Gasteiger partial charge >= 0.3 is 0 Å². The van der Waals surface area contributed by atoms with E-state index < -0.39 is 6.10 Å². The smallest absolute Gasteiger partial charge is 0.191 e. The lowest BCUT2D eigenvalue weighted by molar-refractivity contribution is 0.0672. The Hall–Kier alpha value is -1.50. The molecular weight excluding hydrogens is 294 g/mol. The van der Waals surface area contributed by atoms with Crippen LogP contribution in [0.2, 0.25) is 5.02 Å². The van der Waals surface area contributed by atoms with Gasteiger partial charge in [0.25, 0.3) is 0 Å². The zero-order valence-corrected chi connectivity index (χ0v) is 12.7. The molecule has 6 nitrogen and oxygen atoms in total. The van der Waals surface area contributed by atoms with E-state index in [0.717, 1.165) is 0 Å². The van der Waals surface area contributed by atoms with E-state index in [1.165, 1.54) is 0 Å². The number of methoxy groups -OCH3 is 1. The summed E-state index contributed by atoms with van der Waals surface area (Å²) in [6, 6.07) is 5.10. The van der Waals surface area contributed by atoms with Gasteiger partial charge in [-0.3, -0.25) is 4.99 Å². The first-order chi connectivity index (χ1) is 10.1. The van der Waals surface area contributed by atoms with Gasteiger partial charge < -0.3 is 25.2 Å². The Labute approximate surface area is 129 Å². The van der Waals surface area contributed by atoms with Gasteiger partial charge in [0, 0.05) is 23.7 Å². The first kappa shape index (κ1) is 15.9. The van der Waals surface area contributed by atoms with E-state index in [1.807, 2.05) is 4.90 Å². The Morgan fingerprint density at radius 2 is 2.24 bits per heavy atom. The summed E-state index contributed by atoms with van der Waals surface area (Å²) in [5.74, 6) is 0.991. The molecule has 1 fully saturated rings. The molecule has 0 saturated carbocycles. The van der Waals surface area contributed by atoms with Crippen molar-refractivity contribution < 1.29 is 14.6 Å². The number of nitrogens with two attached hydrogens (primary N) is 1. The summed E-state index contributed by atoms with van der Waals surface area (Å²) < 4.78 is 10.5. The number of rotatable bonds is 4. The third-order valence-corrected chi connectivity index (χ3v) is 3.55. The summed E-state index contributed by atoms with van der Waals surface area (Å²) in [6.45, 7) is 2.86. The van der Waals surface area contributed by atoms with Gasteiger partial charge in [0.15, 0.2) is 5.96 Å². The molecule has 0 bridgehead atoms. The molecule has 7 heteroatoms. The molecule has 1 unspecified atom stereocenters. The minimum absolute atomic E-state index is 0.153. The van der Waals surface area contributed by atoms with Crippen LogP contribution in [0.5, 0.6) is 5.75 Å². The Morgan fingerprint density at radius 3 is 2.90 bits per heavy atom. The van der Waals surface area contributed by atoms with Crippen molar-refractivity contribution in [2.45, 2.75) is 6.10 Å². The van der Waals surface area contributed by atoms with Crippen LogP contribution in [-0.4, -0.2) is 55.9 Å². The summed E-state index contributed by atoms with van der Waals surface area (Å²) in [6.07, 6.45) is -0.821. The molecule has 2 rings (SSSR count). The highest BCUT2D eigenvalue weighted by molar-refractivity contribution is 6.30. The predicted octanol–water partition coefficient (Wildman–Crippen LogP) is 1.03. The van der Waals surface area contributed by atoms with Gasteiger partial charge in [-0.05, 0) is 18.2 Å². The number of hydrogen-bond donors (Lipinski definition) is 2. The number of guanidine groups is 1. The Morgan fingerprint density at radius 1 is 1.52 bits per heavy atom. The standard InChI is InChI=1S/C14H20ClN3O3/c1-20-13-3-2-10(15)8-11(13)12(19)9-17-14(16)18-4-6-21-7-5-18/h2-3,8,12,19H,4-7,9H2,1H3,(H2,16,17). The number of benzene rings is 1. The largest absolute Gasteiger partial charge is 0.496 e. The number of halogens is 1. The number of morpholine rings is 1. The number of aliphatic hydroxyl groups is 1. The second-order valence-electron chi connectivity index (χ2n) is 4.70. The van der Waals surface area contributed by atoms with Crippen molar-refractivity contribution in [3.63, 3.8) is 0 Å². The molecule has 3 N–H and O–H groups in total. The molecule has 1 aliphatic rings. The van der Waals surface area contributed by atoms with Gasteiger partial charge in [-0.15, -0.1) is 0 Å². The van der Waals surface area contributed by atoms with Crippen molar-refractivity contribution in [2.75, 3.05) is 40.0 Å². The van der Waals surface area contributed by atoms with Crippen molar-refractivity contribution >= 4 is 17.6 Å². The van der Waals surface area contributed by atoms with Crippen molar-refractivity contribution in [1.29, 1.82) is 0 Å². The molecule has 116 valence electrons. The van der Waals surface area contributed by atoms with Crippen LogP contribution in [0.25, 0.3) is 0 Å². The lowest BCUT2D eigenvalue weighted by Crippen LogP contribution is -2.45. The van der Waals surface area contributed by atoms with Crippen LogP contribution in [0.15, 0.2) is 23.2 Å². The normalized spacial score (nSPS) is 17.7. The Balaban J connectivity index is 2.03. The molecule has 1 aromatic rings. The molecule has 1 saturated heterocycles. The van der Waals surface area contributed by atoms with Crippen LogP contribution in [-0.2, 0) is 4.74 Å². The maximum Gasteiger partial charge on any atom is 0.191 e. The number of aliphatic imine (C=N–C) groups is 1. The van der Waals surface area contributed by atoms with Gasteiger partial charge in [0.05, 0.1) is 26.9 Å². The summed E-state index contributed by atoms with van der Waals surface area (Å²) >= 11 is 5.95. The Bertz CT molecular complexity index is 504. The minimum atomic E-state index is -0.821. The molecule has 0 aromatic heterocycles. The molecule has 1 heterocycles. The molecule has 1 atom stereocenters. The van der Waals surface area contributed by atoms with Crippen molar-refractivity contribution in [3.8, 4) is 5.75 Å². The van der Waals surface area contributed by atoms with Gasteiger partial charge in [-0.25, -0.2) is 0 Å². The van der Waals surface area contributed by atoms with E-state index >= 15 is 0 Å². The number of ether oxygens (including phenoxy) is 2. The van der Waals surface area contributed by atoms with Crippen LogP contribution < -0.4 is 10.5 Å². The zero-order valence-electron chi connectivity index (χ0n) is 12.0. The van der Waals surface area contributed by atoms with Crippen LogP contribution in [0.3, 0.4) is 0 Å². The van der Waals surface area contributed by atoms with E-state index in [4.69, 9.17) is 26.8 Å². The van der Waals surface area contributed by atoms with Crippen LogP contribution in [0.1, 0.15) is 11.7 Å². The minimum Gasteiger partial charge on any atom is -0.496 e. The predicted molar refractivity (Wildman–Crippen MR) is 81.8 cm³/mol. The van der Waals surface area contributed by atoms with E-state index in [9.17, 15) is 5.11 Å². The molecular formula is C14H20ClN3O3. The number of hydrogen-bond acceptors (Lipinski definition) is 4. The molecule has 21 heavy (non-hydrogen) atoms. The summed E-state index contributed by atoms with van der Waals surface area (Å²) in [5, 5.41) is 10.8. The number of nitrogens with zero attached hydrogens (tertiary/aromatic N) is 2. The van der Waals surface area contributed by atoms with E-state index in [-0.39, 0.29) is 6.54 Å². The summed E-state index contributed by atoms with van der Waals surface area (Å²) in [4.78, 5) is 6.18. The van der Waals surface area contributed by atoms with Crippen molar-refractivity contribution in [3.05, 3.63) is 28.8 Å². The van der Waals surface area contributed by atoms with Crippen molar-refractivity contribution in [2.24, 2.45) is 10.7 Å². The molecule has 1 aromatic carbocycles. The van der Waals surface area contributed by atoms with Crippen molar-refractivity contribution in [1.82, 2.24) is 4.90 Å². The second-order valence-corrected chi connectivity index (χ2v) is 5.14. The van der Waals surface area contributed by atoms with E-state index in [2.05, 4.69) is 4.99 Å². The van der Waals surface area contributed by atoms with Crippen LogP contribution in [0, 0.1) is 0 Å². The van der Waals surface area contributed by atoms with Gasteiger partial charge in [0.2, 0.25) is 0 Å². The maximum absolute atomic E-state index is 10.3. The number of aliphatic hydroxyl groups excluding tert-OH is 1. The van der Waals surface area contributed by atoms with Crippen LogP contribution >= 0.6 is 11.6 Å². The highest BCUT2D eigenvalue weighted by Gasteiger charge is 2.16. The molecule has 0 amide bonds. The topological polar surface area (TPSA) is 80.3 Å². The fourth-order valence-electron chi connectivity index (χ4n) is 2.14. The quantitative estimate of drug-likeness (QED) is 0.641. The van der Waals surface area contributed by atoms with E-state index in [0.29, 0.717) is 48.6 Å². The second kappa shape index (κ2) is 7.49. The highest BCUT2D eigenvalue weighted by atomic mass is 35.5. The Kier molecular flexibility index (Phi) is 5.67. The SMILES string of the molecule is COc1ccc(Cl)cc1C(O)CN=C(N)N1CCOCC1. The lowest BCUT2D eigenvalue weighted by atomic mass is 10.1. The first-order valence-corrected chi connectivity index (χ1v) is 7.13.